The van der Waals surface area contributed by atoms with E-state index in [2.05, 4.69) is 21.0 Å². The number of carbonyl (C=O) groups excluding carboxylic acids is 1. The summed E-state index contributed by atoms with van der Waals surface area (Å²) in [7, 11) is 1.84. The van der Waals surface area contributed by atoms with Crippen molar-refractivity contribution in [3.8, 4) is 0 Å². The lowest BCUT2D eigenvalue weighted by Gasteiger charge is -2.11. The Kier molecular flexibility index (Phi) is 2.11. The van der Waals surface area contributed by atoms with Gasteiger partial charge >= 0.3 is 0 Å². The Hall–Kier alpha value is -0.840. The number of hydrogen-bond donors (Lipinski definition) is 0. The normalized spacial score (nSPS) is 22.8. The third-order valence-corrected chi connectivity index (χ3v) is 2.97. The standard InChI is InChI=1S/C8H10BrN3O/c1-11-4-3-7(10-11)12-5-2-6(9)8(12)13/h3-4,6H,2,5H2,1H3/t6-/m0/s1. The fourth-order valence-corrected chi connectivity index (χ4v) is 1.87. The first kappa shape index (κ1) is 8.74. The molecule has 0 N–H and O–H groups in total. The summed E-state index contributed by atoms with van der Waals surface area (Å²) in [5.74, 6) is 0.855. The highest BCUT2D eigenvalue weighted by molar-refractivity contribution is 9.10. The number of aromatic nitrogens is 2. The van der Waals surface area contributed by atoms with Gasteiger partial charge in [0.1, 0.15) is 0 Å². The smallest absolute Gasteiger partial charge is 0.242 e. The first-order chi connectivity index (χ1) is 6.18. The van der Waals surface area contributed by atoms with Crippen molar-refractivity contribution in [1.82, 2.24) is 9.78 Å². The molecule has 13 heavy (non-hydrogen) atoms. The molecule has 4 nitrogen and oxygen atoms in total. The predicted molar refractivity (Wildman–Crippen MR) is 52.9 cm³/mol. The summed E-state index contributed by atoms with van der Waals surface area (Å²) in [5, 5.41) is 4.18. The topological polar surface area (TPSA) is 38.1 Å². The van der Waals surface area contributed by atoms with Crippen LogP contribution in [0.3, 0.4) is 0 Å². The molecule has 0 aromatic carbocycles. The quantitative estimate of drug-likeness (QED) is 0.689. The van der Waals surface area contributed by atoms with E-state index in [1.807, 2.05) is 19.3 Å². The number of nitrogens with zero attached hydrogens (tertiary/aromatic N) is 3. The summed E-state index contributed by atoms with van der Waals surface area (Å²) in [6.45, 7) is 0.756. The van der Waals surface area contributed by atoms with Gasteiger partial charge in [0.15, 0.2) is 5.82 Å². The van der Waals surface area contributed by atoms with Crippen LogP contribution in [0.25, 0.3) is 0 Å². The van der Waals surface area contributed by atoms with Crippen molar-refractivity contribution in [2.45, 2.75) is 11.2 Å². The van der Waals surface area contributed by atoms with Crippen LogP contribution in [0.4, 0.5) is 5.82 Å². The monoisotopic (exact) mass is 243 g/mol. The third kappa shape index (κ3) is 1.48. The number of alkyl halides is 1. The van der Waals surface area contributed by atoms with Crippen LogP contribution < -0.4 is 4.90 Å². The van der Waals surface area contributed by atoms with E-state index in [4.69, 9.17) is 0 Å². The highest BCUT2D eigenvalue weighted by Crippen LogP contribution is 2.23. The number of anilines is 1. The Morgan fingerprint density at radius 2 is 2.46 bits per heavy atom. The minimum Gasteiger partial charge on any atom is -0.294 e. The number of amides is 1. The third-order valence-electron chi connectivity index (χ3n) is 2.12. The fourth-order valence-electron chi connectivity index (χ4n) is 1.42. The van der Waals surface area contributed by atoms with Crippen molar-refractivity contribution in [3.63, 3.8) is 0 Å². The highest BCUT2D eigenvalue weighted by atomic mass is 79.9. The van der Waals surface area contributed by atoms with Gasteiger partial charge in [-0.05, 0) is 6.42 Å². The van der Waals surface area contributed by atoms with E-state index in [9.17, 15) is 4.79 Å². The number of carbonyl (C=O) groups is 1. The van der Waals surface area contributed by atoms with Gasteiger partial charge in [-0.2, -0.15) is 5.10 Å². The maximum Gasteiger partial charge on any atom is 0.242 e. The maximum atomic E-state index is 11.5. The predicted octanol–water partition coefficient (Wildman–Crippen LogP) is 0.920. The van der Waals surface area contributed by atoms with Gasteiger partial charge in [0.25, 0.3) is 0 Å². The summed E-state index contributed by atoms with van der Waals surface area (Å²) in [4.78, 5) is 13.2. The SMILES string of the molecule is Cn1ccc(N2CC[C@H](Br)C2=O)n1. The molecular weight excluding hydrogens is 234 g/mol. The Bertz CT molecular complexity index is 336. The van der Waals surface area contributed by atoms with Gasteiger partial charge < -0.3 is 0 Å². The van der Waals surface area contributed by atoms with Crippen molar-refractivity contribution < 1.29 is 4.79 Å². The molecule has 1 saturated heterocycles. The van der Waals surface area contributed by atoms with Crippen LogP contribution in [-0.4, -0.2) is 27.1 Å². The lowest BCUT2D eigenvalue weighted by molar-refractivity contribution is -0.116. The second-order valence-corrected chi connectivity index (χ2v) is 4.20. The highest BCUT2D eigenvalue weighted by Gasteiger charge is 2.31. The molecule has 1 aliphatic heterocycles. The van der Waals surface area contributed by atoms with E-state index in [-0.39, 0.29) is 10.7 Å². The minimum absolute atomic E-state index is 0.0329. The molecule has 1 aromatic heterocycles. The Balaban J connectivity index is 2.23. The summed E-state index contributed by atoms with van der Waals surface area (Å²) in [6.07, 6.45) is 2.69. The molecule has 1 atom stereocenters. The van der Waals surface area contributed by atoms with Crippen molar-refractivity contribution in [2.75, 3.05) is 11.4 Å². The van der Waals surface area contributed by atoms with Gasteiger partial charge in [0.05, 0.1) is 4.83 Å². The molecule has 1 aliphatic rings. The van der Waals surface area contributed by atoms with Crippen molar-refractivity contribution in [2.24, 2.45) is 7.05 Å². The van der Waals surface area contributed by atoms with Crippen LogP contribution in [0, 0.1) is 0 Å². The molecule has 0 saturated carbocycles. The first-order valence-electron chi connectivity index (χ1n) is 4.13. The van der Waals surface area contributed by atoms with Crippen LogP contribution in [0.5, 0.6) is 0 Å². The van der Waals surface area contributed by atoms with Crippen LogP contribution in [-0.2, 0) is 11.8 Å². The Labute approximate surface area is 84.6 Å². The molecule has 0 unspecified atom stereocenters. The molecule has 0 aliphatic carbocycles. The second kappa shape index (κ2) is 3.14. The molecule has 2 rings (SSSR count). The average molecular weight is 244 g/mol. The van der Waals surface area contributed by atoms with Gasteiger partial charge in [-0.3, -0.25) is 14.4 Å². The maximum absolute atomic E-state index is 11.5. The summed E-state index contributed by atoms with van der Waals surface area (Å²) < 4.78 is 1.70. The van der Waals surface area contributed by atoms with Gasteiger partial charge in [-0.1, -0.05) is 15.9 Å². The van der Waals surface area contributed by atoms with Gasteiger partial charge in [-0.15, -0.1) is 0 Å². The average Bonchev–Trinajstić information content (AvgIpc) is 2.62. The van der Waals surface area contributed by atoms with Crippen LogP contribution >= 0.6 is 15.9 Å². The van der Waals surface area contributed by atoms with Crippen molar-refractivity contribution in [3.05, 3.63) is 12.3 Å². The molecule has 70 valence electrons. The molecule has 0 spiro atoms. The Morgan fingerprint density at radius 1 is 1.69 bits per heavy atom. The summed E-state index contributed by atoms with van der Waals surface area (Å²) in [5.41, 5.74) is 0. The summed E-state index contributed by atoms with van der Waals surface area (Å²) >= 11 is 3.32. The van der Waals surface area contributed by atoms with Crippen LogP contribution in [0.2, 0.25) is 0 Å². The van der Waals surface area contributed by atoms with E-state index in [1.165, 1.54) is 0 Å². The van der Waals surface area contributed by atoms with Crippen molar-refractivity contribution in [1.29, 1.82) is 0 Å². The van der Waals surface area contributed by atoms with E-state index in [1.54, 1.807) is 9.58 Å². The molecule has 0 radical (unpaired) electrons. The lowest BCUT2D eigenvalue weighted by Crippen LogP contribution is -2.27. The van der Waals surface area contributed by atoms with E-state index < -0.39 is 0 Å². The molecule has 0 bridgehead atoms. The second-order valence-electron chi connectivity index (χ2n) is 3.09. The number of rotatable bonds is 1. The minimum atomic E-state index is -0.0329. The molecule has 2 heterocycles. The van der Waals surface area contributed by atoms with E-state index >= 15 is 0 Å². The molecule has 5 heteroatoms. The fraction of sp³-hybridized carbons (Fsp3) is 0.500. The van der Waals surface area contributed by atoms with Gasteiger partial charge in [0, 0.05) is 25.9 Å². The zero-order valence-corrected chi connectivity index (χ0v) is 8.86. The van der Waals surface area contributed by atoms with Crippen molar-refractivity contribution >= 4 is 27.7 Å². The molecule has 1 amide bonds. The zero-order chi connectivity index (χ0) is 9.42. The molecule has 1 aromatic rings. The number of aryl methyl sites for hydroxylation is 1. The van der Waals surface area contributed by atoms with Gasteiger partial charge in [0.2, 0.25) is 5.91 Å². The van der Waals surface area contributed by atoms with E-state index in [0.29, 0.717) is 0 Å². The largest absolute Gasteiger partial charge is 0.294 e. The number of halogens is 1. The number of hydrogen-bond acceptors (Lipinski definition) is 2. The summed E-state index contributed by atoms with van der Waals surface area (Å²) in [6, 6.07) is 1.85. The first-order valence-corrected chi connectivity index (χ1v) is 5.05. The molecule has 1 fully saturated rings. The van der Waals surface area contributed by atoms with Gasteiger partial charge in [-0.25, -0.2) is 0 Å². The Morgan fingerprint density at radius 3 is 2.92 bits per heavy atom. The lowest BCUT2D eigenvalue weighted by atomic mass is 10.4. The van der Waals surface area contributed by atoms with E-state index in [0.717, 1.165) is 18.8 Å². The molecular formula is C8H10BrN3O. The zero-order valence-electron chi connectivity index (χ0n) is 7.27. The van der Waals surface area contributed by atoms with Crippen LogP contribution in [0.15, 0.2) is 12.3 Å². The van der Waals surface area contributed by atoms with Crippen LogP contribution in [0.1, 0.15) is 6.42 Å².